The van der Waals surface area contributed by atoms with Crippen LogP contribution in [0.5, 0.6) is 0 Å². The summed E-state index contributed by atoms with van der Waals surface area (Å²) in [5.74, 6) is 0. The predicted octanol–water partition coefficient (Wildman–Crippen LogP) is 1.15. The summed E-state index contributed by atoms with van der Waals surface area (Å²) >= 11 is 1.56. The number of pyridine rings is 1. The Morgan fingerprint density at radius 3 is 3.29 bits per heavy atom. The Morgan fingerprint density at radius 1 is 1.50 bits per heavy atom. The Hall–Kier alpha value is -1.82. The van der Waals surface area contributed by atoms with E-state index in [0.717, 1.165) is 16.5 Å². The van der Waals surface area contributed by atoms with Crippen molar-refractivity contribution in [3.63, 3.8) is 0 Å². The highest BCUT2D eigenvalue weighted by Crippen LogP contribution is 2.22. The molecular weight excluding hydrogens is 200 g/mol. The second-order valence-corrected chi connectivity index (χ2v) is 3.75. The van der Waals surface area contributed by atoms with Crippen molar-refractivity contribution in [1.29, 1.82) is 0 Å². The molecule has 6 heteroatoms. The minimum Gasteiger partial charge on any atom is -0.298 e. The third kappa shape index (κ3) is 0.828. The van der Waals surface area contributed by atoms with Gasteiger partial charge in [-0.2, -0.15) is 4.52 Å². The molecule has 0 saturated heterocycles. The van der Waals surface area contributed by atoms with Gasteiger partial charge in [-0.05, 0) is 27.9 Å². The number of carbonyl (C=O) groups excluding carboxylic acids is 1. The molecule has 14 heavy (non-hydrogen) atoms. The van der Waals surface area contributed by atoms with Gasteiger partial charge in [0.1, 0.15) is 0 Å². The molecule has 0 atom stereocenters. The third-order valence-corrected chi connectivity index (χ3v) is 2.90. The van der Waals surface area contributed by atoms with Gasteiger partial charge in [-0.15, -0.1) is 16.4 Å². The van der Waals surface area contributed by atoms with Gasteiger partial charge >= 0.3 is 0 Å². The number of hydrogen-bond donors (Lipinski definition) is 0. The second kappa shape index (κ2) is 2.58. The second-order valence-electron chi connectivity index (χ2n) is 2.80. The van der Waals surface area contributed by atoms with Gasteiger partial charge in [0.2, 0.25) is 0 Å². The van der Waals surface area contributed by atoms with E-state index in [0.29, 0.717) is 11.2 Å². The van der Waals surface area contributed by atoms with E-state index in [9.17, 15) is 4.79 Å². The highest BCUT2D eigenvalue weighted by molar-refractivity contribution is 7.17. The number of nitrogens with zero attached hydrogens (tertiary/aromatic N) is 4. The number of thiophene rings is 1. The Kier molecular flexibility index (Phi) is 1.40. The number of rotatable bonds is 1. The molecule has 5 nitrogen and oxygen atoms in total. The molecule has 0 aliphatic carbocycles. The molecule has 0 aliphatic rings. The number of aromatic nitrogens is 4. The molecular formula is C8H4N4OS. The van der Waals surface area contributed by atoms with Crippen LogP contribution in [0.4, 0.5) is 0 Å². The largest absolute Gasteiger partial charge is 0.298 e. The van der Waals surface area contributed by atoms with E-state index >= 15 is 0 Å². The van der Waals surface area contributed by atoms with Crippen LogP contribution in [-0.2, 0) is 0 Å². The van der Waals surface area contributed by atoms with Crippen molar-refractivity contribution in [2.24, 2.45) is 0 Å². The zero-order chi connectivity index (χ0) is 9.54. The fraction of sp³-hybridized carbons (Fsp3) is 0. The van der Waals surface area contributed by atoms with E-state index in [1.54, 1.807) is 21.9 Å². The van der Waals surface area contributed by atoms with Crippen LogP contribution in [0.15, 0.2) is 17.5 Å². The minimum absolute atomic E-state index is 0.505. The van der Waals surface area contributed by atoms with Crippen LogP contribution in [0.25, 0.3) is 15.9 Å². The summed E-state index contributed by atoms with van der Waals surface area (Å²) < 4.78 is 2.59. The molecule has 0 aromatic carbocycles. The van der Waals surface area contributed by atoms with E-state index in [2.05, 4.69) is 15.5 Å². The van der Waals surface area contributed by atoms with Crippen LogP contribution >= 0.6 is 11.3 Å². The molecule has 3 aromatic rings. The van der Waals surface area contributed by atoms with E-state index in [-0.39, 0.29) is 0 Å². The maximum atomic E-state index is 10.8. The third-order valence-electron chi connectivity index (χ3n) is 2.04. The molecule has 0 saturated carbocycles. The van der Waals surface area contributed by atoms with Gasteiger partial charge in [0.25, 0.3) is 0 Å². The first-order valence-electron chi connectivity index (χ1n) is 3.93. The lowest BCUT2D eigenvalue weighted by Gasteiger charge is -1.95. The fourth-order valence-corrected chi connectivity index (χ4v) is 2.23. The Morgan fingerprint density at radius 2 is 2.43 bits per heavy atom. The molecule has 0 aliphatic heterocycles. The number of fused-ring (bicyclic) bond motifs is 3. The van der Waals surface area contributed by atoms with E-state index in [4.69, 9.17) is 0 Å². The molecule has 3 rings (SSSR count). The number of aldehydes is 1. The average molecular weight is 204 g/mol. The van der Waals surface area contributed by atoms with Gasteiger partial charge in [-0.1, -0.05) is 0 Å². The molecule has 0 fully saturated rings. The lowest BCUT2D eigenvalue weighted by atomic mass is 10.3. The first kappa shape index (κ1) is 7.57. The smallest absolute Gasteiger partial charge is 0.190 e. The van der Waals surface area contributed by atoms with E-state index in [1.807, 2.05) is 11.4 Å². The molecule has 0 bridgehead atoms. The summed E-state index contributed by atoms with van der Waals surface area (Å²) in [7, 11) is 0. The van der Waals surface area contributed by atoms with Crippen LogP contribution in [0.3, 0.4) is 0 Å². The van der Waals surface area contributed by atoms with Crippen LogP contribution in [0, 0.1) is 0 Å². The van der Waals surface area contributed by atoms with E-state index in [1.165, 1.54) is 0 Å². The highest BCUT2D eigenvalue weighted by atomic mass is 32.1. The van der Waals surface area contributed by atoms with Crippen LogP contribution in [-0.4, -0.2) is 26.3 Å². The molecule has 0 amide bonds. The zero-order valence-corrected chi connectivity index (χ0v) is 7.73. The lowest BCUT2D eigenvalue weighted by Crippen LogP contribution is -1.93. The topological polar surface area (TPSA) is 60.2 Å². The van der Waals surface area contributed by atoms with Crippen LogP contribution in [0.2, 0.25) is 0 Å². The van der Waals surface area contributed by atoms with Crippen molar-refractivity contribution in [2.75, 3.05) is 0 Å². The highest BCUT2D eigenvalue weighted by Gasteiger charge is 2.09. The summed E-state index contributed by atoms with van der Waals surface area (Å²) in [4.78, 5) is 10.8. The van der Waals surface area contributed by atoms with Crippen molar-refractivity contribution in [2.45, 2.75) is 0 Å². The summed E-state index contributed by atoms with van der Waals surface area (Å²) in [6, 6.07) is 3.73. The molecule has 3 heterocycles. The van der Waals surface area contributed by atoms with Crippen molar-refractivity contribution in [3.8, 4) is 0 Å². The van der Waals surface area contributed by atoms with Gasteiger partial charge in [-0.25, -0.2) is 0 Å². The maximum absolute atomic E-state index is 10.8. The Bertz CT molecular complexity index is 626. The molecule has 68 valence electrons. The number of hydrogen-bond acceptors (Lipinski definition) is 5. The van der Waals surface area contributed by atoms with Gasteiger partial charge in [0, 0.05) is 0 Å². The first-order chi connectivity index (χ1) is 6.90. The molecule has 0 radical (unpaired) electrons. The van der Waals surface area contributed by atoms with E-state index < -0.39 is 0 Å². The summed E-state index contributed by atoms with van der Waals surface area (Å²) in [6.07, 6.45) is 0.769. The van der Waals surface area contributed by atoms with Gasteiger partial charge in [-0.3, -0.25) is 4.79 Å². The SMILES string of the molecule is O=Cc1cc2sccc2n2nnnc12. The molecule has 3 aromatic heterocycles. The predicted molar refractivity (Wildman–Crippen MR) is 51.6 cm³/mol. The van der Waals surface area contributed by atoms with Gasteiger partial charge in [0.05, 0.1) is 15.8 Å². The number of carbonyl (C=O) groups is 1. The Labute approximate surface area is 82.0 Å². The fourth-order valence-electron chi connectivity index (χ4n) is 1.42. The van der Waals surface area contributed by atoms with Crippen molar-refractivity contribution >= 4 is 33.5 Å². The van der Waals surface area contributed by atoms with Gasteiger partial charge < -0.3 is 0 Å². The first-order valence-corrected chi connectivity index (χ1v) is 4.81. The van der Waals surface area contributed by atoms with Crippen LogP contribution < -0.4 is 0 Å². The van der Waals surface area contributed by atoms with Crippen molar-refractivity contribution in [3.05, 3.63) is 23.1 Å². The normalized spacial score (nSPS) is 11.1. The lowest BCUT2D eigenvalue weighted by molar-refractivity contribution is 0.112. The summed E-state index contributed by atoms with van der Waals surface area (Å²) in [6.45, 7) is 0. The summed E-state index contributed by atoms with van der Waals surface area (Å²) in [5.41, 5.74) is 1.96. The average Bonchev–Trinajstić information content (AvgIpc) is 2.83. The standard InChI is InChI=1S/C8H4N4OS/c13-4-5-3-7-6(1-2-14-7)12-8(5)9-10-11-12/h1-4H. The van der Waals surface area contributed by atoms with Crippen molar-refractivity contribution in [1.82, 2.24) is 20.0 Å². The van der Waals surface area contributed by atoms with Gasteiger partial charge in [0.15, 0.2) is 11.9 Å². The van der Waals surface area contributed by atoms with Crippen LogP contribution in [0.1, 0.15) is 10.4 Å². The quantitative estimate of drug-likeness (QED) is 0.558. The molecule has 0 spiro atoms. The summed E-state index contributed by atoms with van der Waals surface area (Å²) in [5, 5.41) is 13.1. The monoisotopic (exact) mass is 204 g/mol. The molecule has 0 N–H and O–H groups in total. The minimum atomic E-state index is 0.505. The zero-order valence-electron chi connectivity index (χ0n) is 6.91. The molecule has 0 unspecified atom stereocenters. The van der Waals surface area contributed by atoms with Crippen molar-refractivity contribution < 1.29 is 4.79 Å². The maximum Gasteiger partial charge on any atom is 0.190 e. The number of tetrazole rings is 1. The Balaban J connectivity index is 2.65.